The lowest BCUT2D eigenvalue weighted by Crippen LogP contribution is -2.61. The molecule has 1 unspecified atom stereocenters. The molecule has 8 nitrogen and oxygen atoms in total. The number of benzene rings is 1. The summed E-state index contributed by atoms with van der Waals surface area (Å²) in [7, 11) is 3.44. The molecule has 1 aromatic carbocycles. The Kier molecular flexibility index (Phi) is 11.4. The Morgan fingerprint density at radius 3 is 2.16 bits per heavy atom. The smallest absolute Gasteiger partial charge is 0.333 e. The zero-order chi connectivity index (χ0) is 28.7. The maximum absolute atomic E-state index is 13.9. The molecule has 0 aliphatic heterocycles. The second-order valence-corrected chi connectivity index (χ2v) is 11.6. The molecule has 8 heteroatoms. The van der Waals surface area contributed by atoms with Crippen molar-refractivity contribution in [1.82, 2.24) is 15.5 Å². The SMILES string of the molecule is CCOC(=O)/C(C)=C/C(C(C)C)N(C)C(=O)[C@H](NC(=O)[C@@H](NC)C(C)(C)c1cccc(N)c1)C(C)(C)C. The van der Waals surface area contributed by atoms with Gasteiger partial charge in [0.15, 0.2) is 0 Å². The molecule has 0 spiro atoms. The van der Waals surface area contributed by atoms with E-state index in [-0.39, 0.29) is 30.4 Å². The number of carbonyl (C=O) groups excluding carboxylic acids is 3. The number of amides is 2. The molecule has 0 radical (unpaired) electrons. The summed E-state index contributed by atoms with van der Waals surface area (Å²) in [6, 6.07) is 5.71. The average molecular weight is 517 g/mol. The van der Waals surface area contributed by atoms with Crippen molar-refractivity contribution >= 4 is 23.5 Å². The number of hydrogen-bond acceptors (Lipinski definition) is 6. The maximum atomic E-state index is 13.9. The Morgan fingerprint density at radius 1 is 1.11 bits per heavy atom. The molecular formula is C29H48N4O4. The van der Waals surface area contributed by atoms with Crippen molar-refractivity contribution in [3.8, 4) is 0 Å². The predicted octanol–water partition coefficient (Wildman–Crippen LogP) is 3.66. The summed E-state index contributed by atoms with van der Waals surface area (Å²) >= 11 is 0. The third-order valence-electron chi connectivity index (χ3n) is 6.80. The van der Waals surface area contributed by atoms with E-state index in [2.05, 4.69) is 10.6 Å². The molecular weight excluding hydrogens is 468 g/mol. The molecule has 37 heavy (non-hydrogen) atoms. The fourth-order valence-electron chi connectivity index (χ4n) is 4.47. The highest BCUT2D eigenvalue weighted by Gasteiger charge is 2.41. The van der Waals surface area contributed by atoms with Crippen LogP contribution in [-0.2, 0) is 24.5 Å². The van der Waals surface area contributed by atoms with Crippen LogP contribution in [0, 0.1) is 11.3 Å². The Morgan fingerprint density at radius 2 is 1.70 bits per heavy atom. The van der Waals surface area contributed by atoms with Gasteiger partial charge in [0.1, 0.15) is 6.04 Å². The third-order valence-corrected chi connectivity index (χ3v) is 6.80. The lowest BCUT2D eigenvalue weighted by atomic mass is 9.76. The van der Waals surface area contributed by atoms with Crippen molar-refractivity contribution in [3.63, 3.8) is 0 Å². The van der Waals surface area contributed by atoms with Crippen molar-refractivity contribution < 1.29 is 19.1 Å². The van der Waals surface area contributed by atoms with E-state index in [1.54, 1.807) is 45.0 Å². The number of carbonyl (C=O) groups is 3. The summed E-state index contributed by atoms with van der Waals surface area (Å²) in [5.74, 6) is -0.891. The van der Waals surface area contributed by atoms with Crippen LogP contribution in [-0.4, -0.2) is 61.5 Å². The first-order chi connectivity index (χ1) is 17.0. The van der Waals surface area contributed by atoms with E-state index < -0.39 is 28.9 Å². The first-order valence-corrected chi connectivity index (χ1v) is 12.9. The number of ether oxygens (including phenoxy) is 1. The minimum atomic E-state index is -0.796. The van der Waals surface area contributed by atoms with Gasteiger partial charge in [-0.05, 0) is 49.9 Å². The van der Waals surface area contributed by atoms with Crippen LogP contribution in [0.4, 0.5) is 5.69 Å². The van der Waals surface area contributed by atoms with Crippen LogP contribution < -0.4 is 16.4 Å². The van der Waals surface area contributed by atoms with Crippen LogP contribution in [0.2, 0.25) is 0 Å². The number of nitrogens with one attached hydrogen (secondary N) is 2. The second-order valence-electron chi connectivity index (χ2n) is 11.6. The van der Waals surface area contributed by atoms with Crippen LogP contribution in [0.15, 0.2) is 35.9 Å². The van der Waals surface area contributed by atoms with Gasteiger partial charge in [0, 0.05) is 23.7 Å². The van der Waals surface area contributed by atoms with Gasteiger partial charge < -0.3 is 26.0 Å². The molecule has 2 amide bonds. The average Bonchev–Trinajstić information content (AvgIpc) is 2.79. The zero-order valence-electron chi connectivity index (χ0n) is 24.6. The topological polar surface area (TPSA) is 114 Å². The predicted molar refractivity (Wildman–Crippen MR) is 150 cm³/mol. The van der Waals surface area contributed by atoms with E-state index >= 15 is 0 Å². The molecule has 208 valence electrons. The number of rotatable bonds is 11. The number of anilines is 1. The molecule has 0 saturated heterocycles. The minimum Gasteiger partial charge on any atom is -0.463 e. The summed E-state index contributed by atoms with van der Waals surface area (Å²) in [5.41, 5.74) is 6.80. The van der Waals surface area contributed by atoms with Crippen LogP contribution >= 0.6 is 0 Å². The van der Waals surface area contributed by atoms with Crippen molar-refractivity contribution in [2.75, 3.05) is 26.4 Å². The summed E-state index contributed by atoms with van der Waals surface area (Å²) in [6.45, 7) is 17.4. The van der Waals surface area contributed by atoms with E-state index in [0.717, 1.165) is 5.56 Å². The highest BCUT2D eigenvalue weighted by atomic mass is 16.5. The third kappa shape index (κ3) is 8.32. The summed E-state index contributed by atoms with van der Waals surface area (Å²) < 4.78 is 5.11. The lowest BCUT2D eigenvalue weighted by Gasteiger charge is -2.40. The van der Waals surface area contributed by atoms with E-state index in [9.17, 15) is 14.4 Å². The van der Waals surface area contributed by atoms with Gasteiger partial charge in [-0.1, -0.05) is 66.7 Å². The fourth-order valence-corrected chi connectivity index (χ4v) is 4.47. The van der Waals surface area contributed by atoms with E-state index in [1.165, 1.54) is 0 Å². The molecule has 4 N–H and O–H groups in total. The highest BCUT2D eigenvalue weighted by Crippen LogP contribution is 2.30. The van der Waals surface area contributed by atoms with Gasteiger partial charge >= 0.3 is 5.97 Å². The normalized spacial score (nSPS) is 15.1. The quantitative estimate of drug-likeness (QED) is 0.235. The van der Waals surface area contributed by atoms with Gasteiger partial charge in [-0.3, -0.25) is 9.59 Å². The van der Waals surface area contributed by atoms with E-state index in [0.29, 0.717) is 11.3 Å². The molecule has 0 saturated carbocycles. The van der Waals surface area contributed by atoms with Gasteiger partial charge in [0.2, 0.25) is 11.8 Å². The summed E-state index contributed by atoms with van der Waals surface area (Å²) in [4.78, 5) is 41.3. The molecule has 0 heterocycles. The van der Waals surface area contributed by atoms with Crippen LogP contribution in [0.25, 0.3) is 0 Å². The Labute approximate surface area is 223 Å². The molecule has 0 aliphatic rings. The van der Waals surface area contributed by atoms with E-state index in [1.807, 2.05) is 66.7 Å². The Balaban J connectivity index is 3.31. The zero-order valence-corrected chi connectivity index (χ0v) is 24.6. The van der Waals surface area contributed by atoms with Crippen molar-refractivity contribution in [3.05, 3.63) is 41.5 Å². The number of esters is 1. The number of hydrogen-bond donors (Lipinski definition) is 3. The molecule has 0 aromatic heterocycles. The molecule has 3 atom stereocenters. The van der Waals surface area contributed by atoms with Crippen molar-refractivity contribution in [2.45, 2.75) is 85.9 Å². The van der Waals surface area contributed by atoms with Gasteiger partial charge in [0.25, 0.3) is 0 Å². The molecule has 0 bridgehead atoms. The first-order valence-electron chi connectivity index (χ1n) is 12.9. The minimum absolute atomic E-state index is 0.0298. The van der Waals surface area contributed by atoms with Gasteiger partial charge in [-0.15, -0.1) is 0 Å². The Bertz CT molecular complexity index is 978. The monoisotopic (exact) mass is 516 g/mol. The number of likely N-dealkylation sites (N-methyl/N-ethyl adjacent to an activating group) is 2. The van der Waals surface area contributed by atoms with E-state index in [4.69, 9.17) is 10.5 Å². The molecule has 0 aliphatic carbocycles. The summed E-state index contributed by atoms with van der Waals surface area (Å²) in [6.07, 6.45) is 1.77. The lowest BCUT2D eigenvalue weighted by molar-refractivity contribution is -0.141. The number of nitrogens with two attached hydrogens (primary N) is 1. The fraction of sp³-hybridized carbons (Fsp3) is 0.621. The Hall–Kier alpha value is -2.87. The van der Waals surface area contributed by atoms with Crippen molar-refractivity contribution in [1.29, 1.82) is 0 Å². The van der Waals surface area contributed by atoms with Crippen molar-refractivity contribution in [2.24, 2.45) is 11.3 Å². The largest absolute Gasteiger partial charge is 0.463 e. The van der Waals surface area contributed by atoms with Crippen LogP contribution in [0.5, 0.6) is 0 Å². The summed E-state index contributed by atoms with van der Waals surface area (Å²) in [5, 5.41) is 6.17. The van der Waals surface area contributed by atoms with Crippen LogP contribution in [0.3, 0.4) is 0 Å². The number of nitrogen functional groups attached to an aromatic ring is 1. The molecule has 0 fully saturated rings. The molecule has 1 aromatic rings. The number of nitrogens with zero attached hydrogens (tertiary/aromatic N) is 1. The standard InChI is InChI=1S/C29H48N4O4/c1-12-37-27(36)19(4)16-22(18(2)3)33(11)26(35)24(28(5,6)7)32-25(34)23(31-10)29(8,9)20-14-13-15-21(30)17-20/h13-18,22-24,31H,12,30H2,1-11H3,(H,32,34)/b19-16+/t22?,23-,24+/m1/s1. The molecule has 1 rings (SSSR count). The van der Waals surface area contributed by atoms with Gasteiger partial charge in [-0.2, -0.15) is 0 Å². The second kappa shape index (κ2) is 13.1. The maximum Gasteiger partial charge on any atom is 0.333 e. The van der Waals surface area contributed by atoms with Crippen LogP contribution in [0.1, 0.15) is 67.9 Å². The first kappa shape index (κ1) is 32.2. The van der Waals surface area contributed by atoms with Gasteiger partial charge in [0.05, 0.1) is 18.7 Å². The highest BCUT2D eigenvalue weighted by molar-refractivity contribution is 5.92. The van der Waals surface area contributed by atoms with Gasteiger partial charge in [-0.25, -0.2) is 4.79 Å².